The molecule has 0 N–H and O–H groups in total. The molecule has 0 spiro atoms. The van der Waals surface area contributed by atoms with Gasteiger partial charge in [-0.3, -0.25) is 0 Å². The molecule has 0 saturated heterocycles. The van der Waals surface area contributed by atoms with Crippen LogP contribution in [0.3, 0.4) is 0 Å². The van der Waals surface area contributed by atoms with E-state index in [1.807, 2.05) is 18.2 Å². The Morgan fingerprint density at radius 3 is 2.44 bits per heavy atom. The van der Waals surface area contributed by atoms with Crippen LogP contribution < -0.4 is 14.2 Å². The molecule has 2 aromatic rings. The van der Waals surface area contributed by atoms with Crippen LogP contribution in [0.25, 0.3) is 11.4 Å². The number of benzene rings is 1. The summed E-state index contributed by atoms with van der Waals surface area (Å²) in [6.45, 7) is 0. The van der Waals surface area contributed by atoms with Gasteiger partial charge in [0.25, 0.3) is 0 Å². The Morgan fingerprint density at radius 1 is 0.944 bits per heavy atom. The van der Waals surface area contributed by atoms with Gasteiger partial charge in [0, 0.05) is 12.3 Å². The fourth-order valence-corrected chi connectivity index (χ4v) is 1.65. The fourth-order valence-electron chi connectivity index (χ4n) is 1.65. The Hall–Kier alpha value is -2.30. The highest BCUT2D eigenvalue weighted by atomic mass is 16.5. The summed E-state index contributed by atoms with van der Waals surface area (Å²) in [6, 6.07) is 7.24. The maximum Gasteiger partial charge on any atom is 0.216 e. The first-order valence-electron chi connectivity index (χ1n) is 5.38. The molecule has 1 heterocycles. The zero-order valence-corrected chi connectivity index (χ0v) is 10.5. The van der Waals surface area contributed by atoms with E-state index in [9.17, 15) is 0 Å². The molecule has 0 unspecified atom stereocenters. The van der Waals surface area contributed by atoms with Crippen molar-refractivity contribution in [3.8, 4) is 28.8 Å². The lowest BCUT2D eigenvalue weighted by atomic mass is 10.1. The van der Waals surface area contributed by atoms with Crippen LogP contribution in [-0.4, -0.2) is 31.3 Å². The van der Waals surface area contributed by atoms with E-state index in [-0.39, 0.29) is 0 Å². The van der Waals surface area contributed by atoms with Gasteiger partial charge in [-0.15, -0.1) is 0 Å². The summed E-state index contributed by atoms with van der Waals surface area (Å²) >= 11 is 0. The lowest BCUT2D eigenvalue weighted by Crippen LogP contribution is -1.97. The van der Waals surface area contributed by atoms with Gasteiger partial charge in [-0.05, 0) is 12.1 Å². The molecular weight excluding hydrogens is 232 g/mol. The van der Waals surface area contributed by atoms with E-state index < -0.39 is 0 Å². The lowest BCUT2D eigenvalue weighted by Gasteiger charge is -2.11. The van der Waals surface area contributed by atoms with Gasteiger partial charge in [0.05, 0.1) is 26.9 Å². The third-order valence-corrected chi connectivity index (χ3v) is 2.48. The van der Waals surface area contributed by atoms with Gasteiger partial charge >= 0.3 is 0 Å². The fraction of sp³-hybridized carbons (Fsp3) is 0.231. The summed E-state index contributed by atoms with van der Waals surface area (Å²) in [7, 11) is 4.74. The standard InChI is InChI=1S/C13H14N2O3/c1-16-10-6-4-5-9(12(10)18-3)13-14-8-7-11(15-13)17-2/h4-8H,1-3H3. The second kappa shape index (κ2) is 5.35. The zero-order chi connectivity index (χ0) is 13.0. The monoisotopic (exact) mass is 246 g/mol. The minimum atomic E-state index is 0.505. The topological polar surface area (TPSA) is 53.5 Å². The van der Waals surface area contributed by atoms with E-state index in [4.69, 9.17) is 14.2 Å². The molecular formula is C13H14N2O3. The molecule has 5 heteroatoms. The van der Waals surface area contributed by atoms with Crippen LogP contribution in [0.1, 0.15) is 0 Å². The number of aromatic nitrogens is 2. The summed E-state index contributed by atoms with van der Waals surface area (Å²) in [5.74, 6) is 2.28. The van der Waals surface area contributed by atoms with Crippen molar-refractivity contribution in [2.45, 2.75) is 0 Å². The number of methoxy groups -OCH3 is 3. The molecule has 0 bridgehead atoms. The summed E-state index contributed by atoms with van der Waals surface area (Å²) < 4.78 is 15.7. The van der Waals surface area contributed by atoms with E-state index in [0.717, 1.165) is 5.56 Å². The summed E-state index contributed by atoms with van der Waals surface area (Å²) in [6.07, 6.45) is 1.64. The Morgan fingerprint density at radius 2 is 1.78 bits per heavy atom. The normalized spacial score (nSPS) is 9.94. The highest BCUT2D eigenvalue weighted by Crippen LogP contribution is 2.36. The summed E-state index contributed by atoms with van der Waals surface area (Å²) in [5.41, 5.74) is 0.760. The number of hydrogen-bond acceptors (Lipinski definition) is 5. The van der Waals surface area contributed by atoms with Crippen LogP contribution in [-0.2, 0) is 0 Å². The Kier molecular flexibility index (Phi) is 3.62. The van der Waals surface area contributed by atoms with E-state index in [1.54, 1.807) is 33.6 Å². The zero-order valence-electron chi connectivity index (χ0n) is 10.5. The number of rotatable bonds is 4. The van der Waals surface area contributed by atoms with Crippen molar-refractivity contribution in [2.24, 2.45) is 0 Å². The molecule has 1 aromatic heterocycles. The highest BCUT2D eigenvalue weighted by molar-refractivity contribution is 5.68. The average Bonchev–Trinajstić information content (AvgIpc) is 2.46. The van der Waals surface area contributed by atoms with E-state index in [2.05, 4.69) is 9.97 Å². The quantitative estimate of drug-likeness (QED) is 0.827. The van der Waals surface area contributed by atoms with Gasteiger partial charge in [-0.25, -0.2) is 4.98 Å². The summed E-state index contributed by atoms with van der Waals surface area (Å²) in [5, 5.41) is 0. The molecule has 0 aliphatic carbocycles. The number of ether oxygens (including phenoxy) is 3. The van der Waals surface area contributed by atoms with Crippen LogP contribution in [0.4, 0.5) is 0 Å². The van der Waals surface area contributed by atoms with Crippen molar-refractivity contribution in [2.75, 3.05) is 21.3 Å². The number of para-hydroxylation sites is 1. The van der Waals surface area contributed by atoms with Crippen LogP contribution >= 0.6 is 0 Å². The first-order valence-corrected chi connectivity index (χ1v) is 5.38. The third kappa shape index (κ3) is 2.20. The van der Waals surface area contributed by atoms with Crippen molar-refractivity contribution in [3.05, 3.63) is 30.5 Å². The molecule has 0 radical (unpaired) electrons. The van der Waals surface area contributed by atoms with Crippen molar-refractivity contribution in [1.29, 1.82) is 0 Å². The van der Waals surface area contributed by atoms with E-state index in [1.165, 1.54) is 0 Å². The van der Waals surface area contributed by atoms with Gasteiger partial charge in [-0.1, -0.05) is 6.07 Å². The van der Waals surface area contributed by atoms with Gasteiger partial charge in [0.15, 0.2) is 17.3 Å². The van der Waals surface area contributed by atoms with Crippen molar-refractivity contribution >= 4 is 0 Å². The average molecular weight is 246 g/mol. The molecule has 0 fully saturated rings. The van der Waals surface area contributed by atoms with Crippen LogP contribution in [0, 0.1) is 0 Å². The maximum absolute atomic E-state index is 5.35. The van der Waals surface area contributed by atoms with Gasteiger partial charge < -0.3 is 14.2 Å². The lowest BCUT2D eigenvalue weighted by molar-refractivity contribution is 0.356. The van der Waals surface area contributed by atoms with Gasteiger partial charge in [-0.2, -0.15) is 4.98 Å². The van der Waals surface area contributed by atoms with Crippen molar-refractivity contribution < 1.29 is 14.2 Å². The predicted molar refractivity (Wildman–Crippen MR) is 67.1 cm³/mol. The molecule has 0 saturated carbocycles. The molecule has 0 aliphatic rings. The van der Waals surface area contributed by atoms with Crippen LogP contribution in [0.2, 0.25) is 0 Å². The largest absolute Gasteiger partial charge is 0.493 e. The molecule has 18 heavy (non-hydrogen) atoms. The second-order valence-corrected chi connectivity index (χ2v) is 3.46. The Labute approximate surface area is 105 Å². The second-order valence-electron chi connectivity index (χ2n) is 3.46. The van der Waals surface area contributed by atoms with Crippen molar-refractivity contribution in [3.63, 3.8) is 0 Å². The highest BCUT2D eigenvalue weighted by Gasteiger charge is 2.13. The first-order chi connectivity index (χ1) is 8.80. The smallest absolute Gasteiger partial charge is 0.216 e. The molecule has 0 aliphatic heterocycles. The van der Waals surface area contributed by atoms with E-state index >= 15 is 0 Å². The van der Waals surface area contributed by atoms with Crippen molar-refractivity contribution in [1.82, 2.24) is 9.97 Å². The molecule has 0 atom stereocenters. The SMILES string of the molecule is COc1ccnc(-c2cccc(OC)c2OC)n1. The van der Waals surface area contributed by atoms with E-state index in [0.29, 0.717) is 23.2 Å². The predicted octanol–water partition coefficient (Wildman–Crippen LogP) is 2.17. The molecule has 1 aromatic carbocycles. The molecule has 0 amide bonds. The minimum Gasteiger partial charge on any atom is -0.493 e. The summed E-state index contributed by atoms with van der Waals surface area (Å²) in [4.78, 5) is 8.49. The van der Waals surface area contributed by atoms with Gasteiger partial charge in [0.2, 0.25) is 5.88 Å². The van der Waals surface area contributed by atoms with Gasteiger partial charge in [0.1, 0.15) is 0 Å². The molecule has 2 rings (SSSR count). The Bertz CT molecular complexity index is 544. The molecule has 94 valence electrons. The maximum atomic E-state index is 5.35. The third-order valence-electron chi connectivity index (χ3n) is 2.48. The Balaban J connectivity index is 2.55. The molecule has 5 nitrogen and oxygen atoms in total. The first kappa shape index (κ1) is 12.2. The van der Waals surface area contributed by atoms with Crippen LogP contribution in [0.5, 0.6) is 17.4 Å². The van der Waals surface area contributed by atoms with Crippen LogP contribution in [0.15, 0.2) is 30.5 Å². The minimum absolute atomic E-state index is 0.505. The number of nitrogens with zero attached hydrogens (tertiary/aromatic N) is 2. The number of hydrogen-bond donors (Lipinski definition) is 0.